The number of carbonyl (C=O) groups is 2. The normalized spacial score (nSPS) is 11.7. The van der Waals surface area contributed by atoms with Gasteiger partial charge in [-0.2, -0.15) is 0 Å². The van der Waals surface area contributed by atoms with Crippen molar-refractivity contribution in [1.29, 1.82) is 0 Å². The molecular formula is C24H29N5O4S. The lowest BCUT2D eigenvalue weighted by Crippen LogP contribution is -2.32. The van der Waals surface area contributed by atoms with E-state index in [9.17, 15) is 14.7 Å². The van der Waals surface area contributed by atoms with Crippen LogP contribution in [-0.2, 0) is 18.3 Å². The number of ether oxygens (including phenoxy) is 1. The fourth-order valence-corrected chi connectivity index (χ4v) is 4.16. The zero-order valence-electron chi connectivity index (χ0n) is 19.7. The van der Waals surface area contributed by atoms with E-state index < -0.39 is 6.04 Å². The molecule has 10 heteroatoms. The number of anilines is 1. The van der Waals surface area contributed by atoms with Crippen LogP contribution in [-0.4, -0.2) is 51.2 Å². The molecular weight excluding hydrogens is 454 g/mol. The molecule has 0 aliphatic heterocycles. The van der Waals surface area contributed by atoms with Crippen LogP contribution in [0.5, 0.6) is 5.75 Å². The molecule has 0 saturated heterocycles. The number of aliphatic hydroxyl groups excluding tert-OH is 1. The number of thioether (sulfide) groups is 1. The van der Waals surface area contributed by atoms with Crippen molar-refractivity contribution in [3.63, 3.8) is 0 Å². The lowest BCUT2D eigenvalue weighted by molar-refractivity contribution is -0.113. The highest BCUT2D eigenvalue weighted by Crippen LogP contribution is 2.23. The highest BCUT2D eigenvalue weighted by molar-refractivity contribution is 7.99. The average molecular weight is 484 g/mol. The van der Waals surface area contributed by atoms with E-state index in [2.05, 4.69) is 20.8 Å². The largest absolute Gasteiger partial charge is 0.497 e. The number of nitrogens with zero attached hydrogens (tertiary/aromatic N) is 3. The minimum absolute atomic E-state index is 0.144. The lowest BCUT2D eigenvalue weighted by Gasteiger charge is -2.16. The van der Waals surface area contributed by atoms with Crippen molar-refractivity contribution in [3.05, 3.63) is 65.0 Å². The summed E-state index contributed by atoms with van der Waals surface area (Å²) in [6.45, 7) is 3.66. The van der Waals surface area contributed by atoms with Crippen molar-refractivity contribution < 1.29 is 19.4 Å². The number of benzene rings is 2. The van der Waals surface area contributed by atoms with E-state index in [0.29, 0.717) is 22.3 Å². The third-order valence-corrected chi connectivity index (χ3v) is 6.38. The topological polar surface area (TPSA) is 118 Å². The fourth-order valence-electron chi connectivity index (χ4n) is 3.44. The summed E-state index contributed by atoms with van der Waals surface area (Å²) >= 11 is 1.23. The molecule has 34 heavy (non-hydrogen) atoms. The SMILES string of the molecule is CCc1cccc(C)c1NC(=O)CSc1nnc([C@@H](CO)NC(=O)c2ccc(OC)cc2)n1C. The summed E-state index contributed by atoms with van der Waals surface area (Å²) in [5.74, 6) is 0.668. The Hall–Kier alpha value is -3.37. The van der Waals surface area contributed by atoms with Crippen LogP contribution in [0.15, 0.2) is 47.6 Å². The van der Waals surface area contributed by atoms with E-state index >= 15 is 0 Å². The van der Waals surface area contributed by atoms with Gasteiger partial charge in [0, 0.05) is 18.3 Å². The number of aromatic nitrogens is 3. The molecule has 1 aromatic heterocycles. The molecule has 3 rings (SSSR count). The van der Waals surface area contributed by atoms with Crippen molar-refractivity contribution in [3.8, 4) is 5.75 Å². The Morgan fingerprint density at radius 1 is 1.18 bits per heavy atom. The predicted octanol–water partition coefficient (Wildman–Crippen LogP) is 2.89. The van der Waals surface area contributed by atoms with E-state index in [-0.39, 0.29) is 24.2 Å². The summed E-state index contributed by atoms with van der Waals surface area (Å²) in [6, 6.07) is 11.8. The smallest absolute Gasteiger partial charge is 0.251 e. The van der Waals surface area contributed by atoms with Gasteiger partial charge in [-0.05, 0) is 48.7 Å². The third-order valence-electron chi connectivity index (χ3n) is 5.36. The first-order valence-electron chi connectivity index (χ1n) is 10.8. The first-order valence-corrected chi connectivity index (χ1v) is 11.8. The van der Waals surface area contributed by atoms with Gasteiger partial charge in [0.25, 0.3) is 5.91 Å². The van der Waals surface area contributed by atoms with Gasteiger partial charge in [-0.15, -0.1) is 10.2 Å². The second kappa shape index (κ2) is 11.7. The fraction of sp³-hybridized carbons (Fsp3) is 0.333. The Morgan fingerprint density at radius 2 is 1.91 bits per heavy atom. The maximum Gasteiger partial charge on any atom is 0.251 e. The number of carbonyl (C=O) groups excluding carboxylic acids is 2. The average Bonchev–Trinajstić information content (AvgIpc) is 3.22. The first kappa shape index (κ1) is 25.3. The number of aliphatic hydroxyl groups is 1. The molecule has 0 spiro atoms. The van der Waals surface area contributed by atoms with Gasteiger partial charge in [0.2, 0.25) is 5.91 Å². The molecule has 3 aromatic rings. The molecule has 9 nitrogen and oxygen atoms in total. The molecule has 0 bridgehead atoms. The molecule has 2 amide bonds. The summed E-state index contributed by atoms with van der Waals surface area (Å²) in [5.41, 5.74) is 3.36. The van der Waals surface area contributed by atoms with Gasteiger partial charge in [0.05, 0.1) is 19.5 Å². The molecule has 180 valence electrons. The molecule has 0 aliphatic rings. The highest BCUT2D eigenvalue weighted by atomic mass is 32.2. The van der Waals surface area contributed by atoms with Crippen molar-refractivity contribution in [1.82, 2.24) is 20.1 Å². The van der Waals surface area contributed by atoms with Crippen LogP contribution < -0.4 is 15.4 Å². The molecule has 2 aromatic carbocycles. The van der Waals surface area contributed by atoms with Gasteiger partial charge < -0.3 is 25.0 Å². The molecule has 1 heterocycles. The van der Waals surface area contributed by atoms with E-state index in [4.69, 9.17) is 4.74 Å². The van der Waals surface area contributed by atoms with Crippen molar-refractivity contribution in [2.45, 2.75) is 31.5 Å². The number of para-hydroxylation sites is 1. The maximum atomic E-state index is 12.6. The van der Waals surface area contributed by atoms with Crippen LogP contribution in [0.1, 0.15) is 40.3 Å². The van der Waals surface area contributed by atoms with Gasteiger partial charge in [-0.3, -0.25) is 9.59 Å². The number of aryl methyl sites for hydroxylation is 2. The molecule has 1 atom stereocenters. The Morgan fingerprint density at radius 3 is 2.56 bits per heavy atom. The number of hydrogen-bond acceptors (Lipinski definition) is 7. The third kappa shape index (κ3) is 5.95. The summed E-state index contributed by atoms with van der Waals surface area (Å²) in [5, 5.41) is 24.4. The quantitative estimate of drug-likeness (QED) is 0.380. The zero-order chi connectivity index (χ0) is 24.7. The lowest BCUT2D eigenvalue weighted by atomic mass is 10.1. The molecule has 0 unspecified atom stereocenters. The van der Waals surface area contributed by atoms with Crippen LogP contribution in [0.2, 0.25) is 0 Å². The Labute approximate surface area is 202 Å². The summed E-state index contributed by atoms with van der Waals surface area (Å²) in [6.07, 6.45) is 0.821. The Balaban J connectivity index is 1.63. The van der Waals surface area contributed by atoms with E-state index in [1.807, 2.05) is 32.0 Å². The molecule has 3 N–H and O–H groups in total. The number of rotatable bonds is 10. The summed E-state index contributed by atoms with van der Waals surface area (Å²) in [4.78, 5) is 25.2. The Kier molecular flexibility index (Phi) is 8.67. The molecule has 0 aliphatic carbocycles. The van der Waals surface area contributed by atoms with E-state index in [1.54, 1.807) is 43.0 Å². The standard InChI is InChI=1S/C24H29N5O4S/c1-5-16-8-6-7-15(2)21(16)26-20(31)14-34-24-28-27-22(29(24)3)19(13-30)25-23(32)17-9-11-18(33-4)12-10-17/h6-12,19,30H,5,13-14H2,1-4H3,(H,25,32)(H,26,31)/t19-/m1/s1. The highest BCUT2D eigenvalue weighted by Gasteiger charge is 2.22. The first-order chi connectivity index (χ1) is 16.4. The summed E-state index contributed by atoms with van der Waals surface area (Å²) in [7, 11) is 3.28. The molecule has 0 radical (unpaired) electrons. The van der Waals surface area contributed by atoms with Crippen molar-refractivity contribution in [2.24, 2.45) is 7.05 Å². The van der Waals surface area contributed by atoms with Crippen LogP contribution in [0.3, 0.4) is 0 Å². The van der Waals surface area contributed by atoms with Crippen LogP contribution in [0.4, 0.5) is 5.69 Å². The Bertz CT molecular complexity index is 1150. The monoisotopic (exact) mass is 483 g/mol. The van der Waals surface area contributed by atoms with E-state index in [0.717, 1.165) is 23.2 Å². The number of amides is 2. The van der Waals surface area contributed by atoms with Gasteiger partial charge in [0.15, 0.2) is 11.0 Å². The molecule has 0 fully saturated rings. The van der Waals surface area contributed by atoms with Crippen LogP contribution in [0.25, 0.3) is 0 Å². The van der Waals surface area contributed by atoms with Crippen molar-refractivity contribution >= 4 is 29.3 Å². The van der Waals surface area contributed by atoms with Gasteiger partial charge in [-0.25, -0.2) is 0 Å². The summed E-state index contributed by atoms with van der Waals surface area (Å²) < 4.78 is 6.77. The number of hydrogen-bond donors (Lipinski definition) is 3. The van der Waals surface area contributed by atoms with E-state index in [1.165, 1.54) is 11.8 Å². The van der Waals surface area contributed by atoms with Gasteiger partial charge in [-0.1, -0.05) is 36.9 Å². The van der Waals surface area contributed by atoms with Gasteiger partial charge >= 0.3 is 0 Å². The molecule has 0 saturated carbocycles. The second-order valence-corrected chi connectivity index (χ2v) is 8.58. The minimum Gasteiger partial charge on any atom is -0.497 e. The van der Waals surface area contributed by atoms with Gasteiger partial charge in [0.1, 0.15) is 11.8 Å². The minimum atomic E-state index is -0.755. The maximum absolute atomic E-state index is 12.6. The number of nitrogens with one attached hydrogen (secondary N) is 2. The number of methoxy groups -OCH3 is 1. The zero-order valence-corrected chi connectivity index (χ0v) is 20.5. The predicted molar refractivity (Wildman–Crippen MR) is 131 cm³/mol. The van der Waals surface area contributed by atoms with Crippen LogP contribution >= 0.6 is 11.8 Å². The second-order valence-electron chi connectivity index (χ2n) is 7.64. The van der Waals surface area contributed by atoms with Crippen LogP contribution in [0, 0.1) is 6.92 Å². The van der Waals surface area contributed by atoms with Crippen molar-refractivity contribution in [2.75, 3.05) is 24.8 Å².